The molecule has 0 saturated carbocycles. The molecule has 6 heteroatoms. The van der Waals surface area contributed by atoms with Crippen LogP contribution in [0.15, 0.2) is 47.6 Å². The van der Waals surface area contributed by atoms with Crippen LogP contribution in [-0.2, 0) is 0 Å². The summed E-state index contributed by atoms with van der Waals surface area (Å²) >= 11 is 0. The van der Waals surface area contributed by atoms with Gasteiger partial charge >= 0.3 is 0 Å². The van der Waals surface area contributed by atoms with Crippen LogP contribution in [0.2, 0.25) is 0 Å². The number of aromatic hydroxyl groups is 1. The van der Waals surface area contributed by atoms with Crippen LogP contribution < -0.4 is 14.9 Å². The van der Waals surface area contributed by atoms with Gasteiger partial charge in [-0.2, -0.15) is 5.10 Å². The number of carbonyl (C=O) groups excluding carboxylic acids is 1. The van der Waals surface area contributed by atoms with E-state index in [1.54, 1.807) is 12.1 Å². The molecule has 0 atom stereocenters. The molecule has 0 unspecified atom stereocenters. The molecule has 1 aliphatic rings. The summed E-state index contributed by atoms with van der Waals surface area (Å²) in [6, 6.07) is 11.3. The van der Waals surface area contributed by atoms with Crippen molar-refractivity contribution in [3.63, 3.8) is 0 Å². The Labute approximate surface area is 127 Å². The lowest BCUT2D eigenvalue weighted by Crippen LogP contribution is -2.17. The molecule has 0 aromatic heterocycles. The van der Waals surface area contributed by atoms with E-state index in [1.807, 2.05) is 6.07 Å². The van der Waals surface area contributed by atoms with Crippen LogP contribution in [0.3, 0.4) is 0 Å². The highest BCUT2D eigenvalue weighted by Crippen LogP contribution is 2.30. The summed E-state index contributed by atoms with van der Waals surface area (Å²) in [5.74, 6) is 1.13. The zero-order valence-electron chi connectivity index (χ0n) is 11.7. The van der Waals surface area contributed by atoms with Crippen molar-refractivity contribution in [2.75, 3.05) is 13.2 Å². The second-order valence-electron chi connectivity index (χ2n) is 4.65. The maximum Gasteiger partial charge on any atom is 0.271 e. The maximum atomic E-state index is 11.8. The number of hydrogen-bond acceptors (Lipinski definition) is 5. The molecule has 2 aromatic rings. The van der Waals surface area contributed by atoms with Crippen molar-refractivity contribution >= 4 is 12.1 Å². The van der Waals surface area contributed by atoms with E-state index in [2.05, 4.69) is 10.5 Å². The van der Waals surface area contributed by atoms with Gasteiger partial charge in [0, 0.05) is 5.56 Å². The Morgan fingerprint density at radius 3 is 2.59 bits per heavy atom. The second kappa shape index (κ2) is 6.17. The van der Waals surface area contributed by atoms with Crippen LogP contribution in [-0.4, -0.2) is 30.4 Å². The summed E-state index contributed by atoms with van der Waals surface area (Å²) in [6.07, 6.45) is 1.52. The first-order valence-electron chi connectivity index (χ1n) is 6.74. The summed E-state index contributed by atoms with van der Waals surface area (Å²) in [4.78, 5) is 11.8. The van der Waals surface area contributed by atoms with Gasteiger partial charge in [-0.1, -0.05) is 0 Å². The number of benzene rings is 2. The fraction of sp³-hybridized carbons (Fsp3) is 0.125. The van der Waals surface area contributed by atoms with Crippen molar-refractivity contribution in [1.29, 1.82) is 0 Å². The van der Waals surface area contributed by atoms with E-state index in [4.69, 9.17) is 9.47 Å². The van der Waals surface area contributed by atoms with Gasteiger partial charge in [0.1, 0.15) is 19.0 Å². The Morgan fingerprint density at radius 1 is 1.09 bits per heavy atom. The molecule has 1 amide bonds. The van der Waals surface area contributed by atoms with E-state index in [-0.39, 0.29) is 11.7 Å². The molecule has 1 heterocycles. The highest BCUT2D eigenvalue weighted by molar-refractivity contribution is 5.95. The number of carbonyl (C=O) groups is 1. The summed E-state index contributed by atoms with van der Waals surface area (Å²) < 4.78 is 10.9. The number of phenols is 1. The quantitative estimate of drug-likeness (QED) is 0.670. The Morgan fingerprint density at radius 2 is 1.82 bits per heavy atom. The zero-order chi connectivity index (χ0) is 15.4. The average molecular weight is 298 g/mol. The van der Waals surface area contributed by atoms with Crippen molar-refractivity contribution in [2.24, 2.45) is 5.10 Å². The number of fused-ring (bicyclic) bond motifs is 1. The van der Waals surface area contributed by atoms with Gasteiger partial charge in [0.2, 0.25) is 0 Å². The fourth-order valence-electron chi connectivity index (χ4n) is 1.98. The molecule has 1 aliphatic heterocycles. The molecular formula is C16H14N2O4. The standard InChI is InChI=1S/C16H14N2O4/c19-13-4-2-12(3-5-13)16(20)18-17-10-11-1-6-14-15(9-11)22-8-7-21-14/h1-6,9-10,19H,7-8H2,(H,18,20)/b17-10+. The van der Waals surface area contributed by atoms with Gasteiger partial charge < -0.3 is 14.6 Å². The lowest BCUT2D eigenvalue weighted by molar-refractivity contribution is 0.0955. The van der Waals surface area contributed by atoms with Crippen molar-refractivity contribution in [2.45, 2.75) is 0 Å². The van der Waals surface area contributed by atoms with Crippen LogP contribution in [0, 0.1) is 0 Å². The Balaban J connectivity index is 1.64. The SMILES string of the molecule is O=C(N/N=C/c1ccc2c(c1)OCCO2)c1ccc(O)cc1. The van der Waals surface area contributed by atoms with Gasteiger partial charge in [-0.3, -0.25) is 4.79 Å². The normalized spacial score (nSPS) is 13.1. The van der Waals surface area contributed by atoms with Gasteiger partial charge in [0.15, 0.2) is 11.5 Å². The molecule has 0 radical (unpaired) electrons. The highest BCUT2D eigenvalue weighted by atomic mass is 16.6. The summed E-state index contributed by atoms with van der Waals surface area (Å²) in [7, 11) is 0. The minimum absolute atomic E-state index is 0.108. The molecule has 3 rings (SSSR count). The van der Waals surface area contributed by atoms with E-state index in [1.165, 1.54) is 30.5 Å². The minimum Gasteiger partial charge on any atom is -0.508 e. The number of hydrogen-bond donors (Lipinski definition) is 2. The van der Waals surface area contributed by atoms with Gasteiger partial charge in [-0.25, -0.2) is 5.43 Å². The molecule has 0 bridgehead atoms. The van der Waals surface area contributed by atoms with Gasteiger partial charge in [0.25, 0.3) is 5.91 Å². The van der Waals surface area contributed by atoms with Gasteiger partial charge in [-0.05, 0) is 48.0 Å². The number of ether oxygens (including phenoxy) is 2. The Kier molecular flexibility index (Phi) is 3.91. The molecule has 2 N–H and O–H groups in total. The van der Waals surface area contributed by atoms with E-state index < -0.39 is 0 Å². The lowest BCUT2D eigenvalue weighted by Gasteiger charge is -2.18. The first kappa shape index (κ1) is 13.9. The monoisotopic (exact) mass is 298 g/mol. The van der Waals surface area contributed by atoms with Crippen LogP contribution in [0.1, 0.15) is 15.9 Å². The molecule has 2 aromatic carbocycles. The predicted molar refractivity (Wildman–Crippen MR) is 80.6 cm³/mol. The Hall–Kier alpha value is -3.02. The van der Waals surface area contributed by atoms with Crippen molar-refractivity contribution in [3.05, 3.63) is 53.6 Å². The molecular weight excluding hydrogens is 284 g/mol. The first-order chi connectivity index (χ1) is 10.7. The minimum atomic E-state index is -0.353. The topological polar surface area (TPSA) is 80.2 Å². The first-order valence-corrected chi connectivity index (χ1v) is 6.74. The van der Waals surface area contributed by atoms with E-state index in [0.717, 1.165) is 5.56 Å². The molecule has 0 saturated heterocycles. The summed E-state index contributed by atoms with van der Waals surface area (Å²) in [6.45, 7) is 1.06. The smallest absolute Gasteiger partial charge is 0.271 e. The fourth-order valence-corrected chi connectivity index (χ4v) is 1.98. The summed E-state index contributed by atoms with van der Waals surface area (Å²) in [5, 5.41) is 13.1. The number of hydrazone groups is 1. The summed E-state index contributed by atoms with van der Waals surface area (Å²) in [5.41, 5.74) is 3.63. The number of nitrogens with one attached hydrogen (secondary N) is 1. The largest absolute Gasteiger partial charge is 0.508 e. The second-order valence-corrected chi connectivity index (χ2v) is 4.65. The van der Waals surface area contributed by atoms with Crippen LogP contribution >= 0.6 is 0 Å². The van der Waals surface area contributed by atoms with Crippen molar-refractivity contribution in [1.82, 2.24) is 5.43 Å². The number of rotatable bonds is 3. The zero-order valence-corrected chi connectivity index (χ0v) is 11.7. The number of phenolic OH excluding ortho intramolecular Hbond substituents is 1. The van der Waals surface area contributed by atoms with E-state index in [0.29, 0.717) is 30.3 Å². The van der Waals surface area contributed by atoms with Gasteiger partial charge in [-0.15, -0.1) is 0 Å². The third-order valence-corrected chi connectivity index (χ3v) is 3.08. The molecule has 0 fully saturated rings. The van der Waals surface area contributed by atoms with Crippen molar-refractivity contribution < 1.29 is 19.4 Å². The van der Waals surface area contributed by atoms with Crippen molar-refractivity contribution in [3.8, 4) is 17.2 Å². The maximum absolute atomic E-state index is 11.8. The molecule has 22 heavy (non-hydrogen) atoms. The number of nitrogens with zero attached hydrogens (tertiary/aromatic N) is 1. The molecule has 112 valence electrons. The molecule has 6 nitrogen and oxygen atoms in total. The predicted octanol–water partition coefficient (Wildman–Crippen LogP) is 1.93. The van der Waals surface area contributed by atoms with Gasteiger partial charge in [0.05, 0.1) is 6.21 Å². The number of amides is 1. The molecule has 0 aliphatic carbocycles. The van der Waals surface area contributed by atoms with E-state index >= 15 is 0 Å². The molecule has 0 spiro atoms. The third-order valence-electron chi connectivity index (χ3n) is 3.08. The van der Waals surface area contributed by atoms with Crippen LogP contribution in [0.5, 0.6) is 17.2 Å². The van der Waals surface area contributed by atoms with Crippen LogP contribution in [0.25, 0.3) is 0 Å². The average Bonchev–Trinajstić information content (AvgIpc) is 2.55. The van der Waals surface area contributed by atoms with E-state index in [9.17, 15) is 9.90 Å². The highest BCUT2D eigenvalue weighted by Gasteiger charge is 2.11. The third kappa shape index (κ3) is 3.17. The Bertz CT molecular complexity index is 711. The van der Waals surface area contributed by atoms with Crippen LogP contribution in [0.4, 0.5) is 0 Å². The lowest BCUT2D eigenvalue weighted by atomic mass is 10.2.